The maximum Gasteiger partial charge on any atom is 0.261 e. The van der Waals surface area contributed by atoms with Crippen molar-refractivity contribution in [1.82, 2.24) is 10.2 Å². The number of aliphatic hydroxyl groups excluding tert-OH is 2. The minimum absolute atomic E-state index is 0.212. The van der Waals surface area contributed by atoms with E-state index >= 15 is 0 Å². The molecule has 0 aromatic rings. The van der Waals surface area contributed by atoms with E-state index in [0.29, 0.717) is 0 Å². The van der Waals surface area contributed by atoms with Crippen LogP contribution in [0.2, 0.25) is 0 Å². The van der Waals surface area contributed by atoms with Crippen LogP contribution in [0.1, 0.15) is 0 Å². The van der Waals surface area contributed by atoms with Gasteiger partial charge in [0.1, 0.15) is 12.5 Å². The minimum atomic E-state index is -1.09. The zero-order valence-corrected chi connectivity index (χ0v) is 9.12. The van der Waals surface area contributed by atoms with Crippen LogP contribution in [0.4, 0.5) is 0 Å². The van der Waals surface area contributed by atoms with E-state index in [2.05, 4.69) is 5.32 Å². The fraction of sp³-hybridized carbons (Fsp3) is 0.273. The van der Waals surface area contributed by atoms with Crippen LogP contribution >= 0.6 is 0 Å². The van der Waals surface area contributed by atoms with Crippen LogP contribution in [0.25, 0.3) is 0 Å². The Morgan fingerprint density at radius 1 is 1.06 bits per heavy atom. The standard InChI is InChI=1S/C11H12N2O4/c1-13-10(16)6-2-4-8(14)12-9(15)5-3-7(6)11(13)17/h2-5,8-9,12,14-15H,1H3/b4-2+,5-3?. The smallest absolute Gasteiger partial charge is 0.261 e. The van der Waals surface area contributed by atoms with E-state index < -0.39 is 24.3 Å². The molecule has 2 rings (SSSR count). The Labute approximate surface area is 97.5 Å². The molecule has 2 unspecified atom stereocenters. The van der Waals surface area contributed by atoms with Crippen LogP contribution in [0.15, 0.2) is 35.5 Å². The third-order valence-electron chi connectivity index (χ3n) is 2.59. The van der Waals surface area contributed by atoms with Gasteiger partial charge in [0, 0.05) is 7.05 Å². The average molecular weight is 236 g/mol. The quantitative estimate of drug-likeness (QED) is 0.452. The highest BCUT2D eigenvalue weighted by atomic mass is 16.3. The summed E-state index contributed by atoms with van der Waals surface area (Å²) >= 11 is 0. The van der Waals surface area contributed by atoms with E-state index in [-0.39, 0.29) is 11.1 Å². The summed E-state index contributed by atoms with van der Waals surface area (Å²) in [5.41, 5.74) is 0.424. The van der Waals surface area contributed by atoms with E-state index in [1.165, 1.54) is 31.4 Å². The number of hydrogen-bond acceptors (Lipinski definition) is 5. The first-order chi connectivity index (χ1) is 8.00. The van der Waals surface area contributed by atoms with Gasteiger partial charge in [0.15, 0.2) is 0 Å². The fourth-order valence-corrected chi connectivity index (χ4v) is 1.67. The SMILES string of the molecule is CN1C(=O)C2=C(/C=C/C(O)NC(O)C=C2)C1=O. The van der Waals surface area contributed by atoms with Crippen LogP contribution in [0, 0.1) is 0 Å². The second kappa shape index (κ2) is 4.25. The number of nitrogens with zero attached hydrogens (tertiary/aromatic N) is 1. The van der Waals surface area contributed by atoms with Crippen molar-refractivity contribution < 1.29 is 19.8 Å². The van der Waals surface area contributed by atoms with Gasteiger partial charge in [-0.25, -0.2) is 0 Å². The van der Waals surface area contributed by atoms with Crippen molar-refractivity contribution in [1.29, 1.82) is 0 Å². The molecular weight excluding hydrogens is 224 g/mol. The first-order valence-electron chi connectivity index (χ1n) is 5.06. The van der Waals surface area contributed by atoms with Crippen molar-refractivity contribution in [2.24, 2.45) is 0 Å². The minimum Gasteiger partial charge on any atom is -0.375 e. The number of carbonyl (C=O) groups is 2. The molecule has 90 valence electrons. The molecule has 6 nitrogen and oxygen atoms in total. The Hall–Kier alpha value is -1.76. The molecule has 0 aliphatic carbocycles. The van der Waals surface area contributed by atoms with E-state index in [1.807, 2.05) is 0 Å². The lowest BCUT2D eigenvalue weighted by molar-refractivity contribution is -0.135. The summed E-state index contributed by atoms with van der Waals surface area (Å²) in [4.78, 5) is 24.4. The number of amides is 2. The van der Waals surface area contributed by atoms with Crippen LogP contribution in [0.5, 0.6) is 0 Å². The van der Waals surface area contributed by atoms with Crippen molar-refractivity contribution in [3.8, 4) is 0 Å². The van der Waals surface area contributed by atoms with Gasteiger partial charge in [-0.3, -0.25) is 19.8 Å². The number of carbonyl (C=O) groups excluding carboxylic acids is 2. The monoisotopic (exact) mass is 236 g/mol. The molecule has 2 amide bonds. The molecule has 2 aliphatic heterocycles. The van der Waals surface area contributed by atoms with Gasteiger partial charge in [-0.1, -0.05) is 0 Å². The largest absolute Gasteiger partial charge is 0.375 e. The number of likely N-dealkylation sites (N-methyl/N-ethyl adjacent to an activating group) is 1. The summed E-state index contributed by atoms with van der Waals surface area (Å²) in [6.07, 6.45) is 3.18. The van der Waals surface area contributed by atoms with Crippen LogP contribution in [0.3, 0.4) is 0 Å². The highest BCUT2D eigenvalue weighted by Crippen LogP contribution is 2.22. The Morgan fingerprint density at radius 2 is 1.47 bits per heavy atom. The molecule has 0 saturated heterocycles. The predicted octanol–water partition coefficient (Wildman–Crippen LogP) is -1.37. The molecule has 6 heteroatoms. The summed E-state index contributed by atoms with van der Waals surface area (Å²) in [7, 11) is 1.39. The molecule has 0 spiro atoms. The zero-order chi connectivity index (χ0) is 12.6. The highest BCUT2D eigenvalue weighted by Gasteiger charge is 2.33. The number of hydrogen-bond donors (Lipinski definition) is 3. The molecule has 0 aromatic carbocycles. The summed E-state index contributed by atoms with van der Waals surface area (Å²) in [5, 5.41) is 21.3. The van der Waals surface area contributed by atoms with Gasteiger partial charge in [0.25, 0.3) is 11.8 Å². The molecule has 17 heavy (non-hydrogen) atoms. The fourth-order valence-electron chi connectivity index (χ4n) is 1.67. The molecule has 2 atom stereocenters. The molecule has 3 N–H and O–H groups in total. The van der Waals surface area contributed by atoms with Crippen molar-refractivity contribution in [3.05, 3.63) is 35.5 Å². The van der Waals surface area contributed by atoms with Gasteiger partial charge < -0.3 is 10.2 Å². The third-order valence-corrected chi connectivity index (χ3v) is 2.59. The molecule has 0 fully saturated rings. The third kappa shape index (κ3) is 2.05. The van der Waals surface area contributed by atoms with Gasteiger partial charge in [0.05, 0.1) is 11.1 Å². The topological polar surface area (TPSA) is 89.9 Å². The summed E-state index contributed by atoms with van der Waals surface area (Å²) in [6.45, 7) is 0. The van der Waals surface area contributed by atoms with E-state index in [9.17, 15) is 19.8 Å². The number of aliphatic hydroxyl groups is 2. The second-order valence-corrected chi connectivity index (χ2v) is 3.77. The van der Waals surface area contributed by atoms with Crippen molar-refractivity contribution in [2.75, 3.05) is 7.05 Å². The van der Waals surface area contributed by atoms with Gasteiger partial charge >= 0.3 is 0 Å². The normalized spacial score (nSPS) is 31.1. The molecular formula is C11H12N2O4. The lowest BCUT2D eigenvalue weighted by Gasteiger charge is -2.11. The Morgan fingerprint density at radius 3 is 1.88 bits per heavy atom. The van der Waals surface area contributed by atoms with Crippen molar-refractivity contribution in [3.63, 3.8) is 0 Å². The second-order valence-electron chi connectivity index (χ2n) is 3.77. The number of nitrogens with one attached hydrogen (secondary N) is 1. The van der Waals surface area contributed by atoms with E-state index in [0.717, 1.165) is 4.90 Å². The summed E-state index contributed by atoms with van der Waals surface area (Å²) in [6, 6.07) is 0. The maximum absolute atomic E-state index is 11.7. The summed E-state index contributed by atoms with van der Waals surface area (Å²) in [5.74, 6) is -0.844. The first-order valence-corrected chi connectivity index (χ1v) is 5.06. The molecule has 2 heterocycles. The van der Waals surface area contributed by atoms with Gasteiger partial charge in [-0.15, -0.1) is 0 Å². The molecule has 0 saturated carbocycles. The maximum atomic E-state index is 11.7. The van der Waals surface area contributed by atoms with Crippen LogP contribution in [-0.4, -0.2) is 46.4 Å². The molecule has 0 radical (unpaired) electrons. The lowest BCUT2D eigenvalue weighted by Crippen LogP contribution is -2.35. The summed E-state index contributed by atoms with van der Waals surface area (Å²) < 4.78 is 0. The Balaban J connectivity index is 2.47. The average Bonchev–Trinajstić information content (AvgIpc) is 2.52. The zero-order valence-electron chi connectivity index (χ0n) is 9.12. The lowest BCUT2D eigenvalue weighted by atomic mass is 10.1. The predicted molar refractivity (Wildman–Crippen MR) is 58.2 cm³/mol. The van der Waals surface area contributed by atoms with E-state index in [4.69, 9.17) is 0 Å². The van der Waals surface area contributed by atoms with Crippen LogP contribution < -0.4 is 5.32 Å². The molecule has 0 bridgehead atoms. The van der Waals surface area contributed by atoms with Crippen molar-refractivity contribution >= 4 is 11.8 Å². The first kappa shape index (κ1) is 11.7. The Bertz CT molecular complexity index is 424. The number of rotatable bonds is 0. The van der Waals surface area contributed by atoms with Crippen molar-refractivity contribution in [2.45, 2.75) is 12.5 Å². The van der Waals surface area contributed by atoms with Gasteiger partial charge in [-0.05, 0) is 24.3 Å². The van der Waals surface area contributed by atoms with Gasteiger partial charge in [0.2, 0.25) is 0 Å². The highest BCUT2D eigenvalue weighted by molar-refractivity contribution is 6.21. The molecule has 2 aliphatic rings. The van der Waals surface area contributed by atoms with Crippen LogP contribution in [-0.2, 0) is 9.59 Å². The van der Waals surface area contributed by atoms with Gasteiger partial charge in [-0.2, -0.15) is 0 Å². The Kier molecular flexibility index (Phi) is 2.93. The van der Waals surface area contributed by atoms with E-state index in [1.54, 1.807) is 0 Å². The molecule has 0 aromatic heterocycles. The number of imide groups is 1.